The van der Waals surface area contributed by atoms with Crippen molar-refractivity contribution in [3.05, 3.63) is 70.8 Å². The van der Waals surface area contributed by atoms with E-state index < -0.39 is 84.3 Å². The number of carbonyl (C=O) groups is 9. The van der Waals surface area contributed by atoms with Crippen LogP contribution in [0.5, 0.6) is 0 Å². The molecule has 2 aliphatic rings. The van der Waals surface area contributed by atoms with Gasteiger partial charge in [-0.05, 0) is 57.8 Å². The summed E-state index contributed by atoms with van der Waals surface area (Å²) in [5.41, 5.74) is 9.43. The lowest BCUT2D eigenvalue weighted by molar-refractivity contribution is -0.206. The zero-order valence-corrected chi connectivity index (χ0v) is 37.3. The molecule has 1 heterocycles. The molecule has 1 aliphatic carbocycles. The lowest BCUT2D eigenvalue weighted by atomic mass is 9.84. The van der Waals surface area contributed by atoms with Crippen LogP contribution >= 0.6 is 0 Å². The molecule has 8 N–H and O–H groups in total. The quantitative estimate of drug-likeness (QED) is 0.0668. The number of amides is 6. The van der Waals surface area contributed by atoms with E-state index in [4.69, 9.17) is 5.73 Å². The molecule has 1 aliphatic heterocycles. The van der Waals surface area contributed by atoms with Crippen molar-refractivity contribution >= 4 is 53.0 Å². The normalized spacial score (nSPS) is 16.1. The van der Waals surface area contributed by atoms with Gasteiger partial charge in [-0.25, -0.2) is 4.79 Å². The predicted octanol–water partition coefficient (Wildman–Crippen LogP) is 1.59. The molecule has 5 atom stereocenters. The highest BCUT2D eigenvalue weighted by Gasteiger charge is 2.41. The number of nitrogens with one attached hydrogen (secondary N) is 6. The van der Waals surface area contributed by atoms with E-state index in [0.717, 1.165) is 0 Å². The van der Waals surface area contributed by atoms with Crippen molar-refractivity contribution in [1.29, 1.82) is 0 Å². The summed E-state index contributed by atoms with van der Waals surface area (Å²) in [7, 11) is 0. The SMILES string of the molecule is CC(C)C[C@H](NC(=O)[C@H](C)NC(=O)[C@H](C)N)C(=O)NCC(=O)N[C@@H](CC(C)C)C(=O)N1CCC[C@H]1C(=O)NCCCNOC(=O)C(F)(F)F.O=C1c2ccccc2C(=O)c2ccccc21. The molecule has 21 heteroatoms. The standard InChI is InChI=1S/C30H51F3N8O8.C14H8O2/c1-16(2)13-20(40-25(44)19(6)38-24(43)18(5)34)26(45)36-15-23(42)39-21(14-17(3)4)28(47)41-12-7-9-22(41)27(46)35-10-8-11-37-49-29(48)30(31,32)33;15-13-9-5-1-2-6-10(9)14(16)12-8-4-3-7-11(12)13/h16-22,37H,7-15,34H2,1-6H3,(H,35,46)(H,36,45)(H,38,43)(H,39,42)(H,40,44);1-8H/t18-,19-,20-,21-,22-;/m0./s1. The van der Waals surface area contributed by atoms with E-state index in [1.165, 1.54) is 18.7 Å². The number of nitrogens with two attached hydrogens (primary N) is 1. The number of hydroxylamine groups is 1. The van der Waals surface area contributed by atoms with Gasteiger partial charge in [0.25, 0.3) is 0 Å². The van der Waals surface area contributed by atoms with Crippen LogP contribution in [0.1, 0.15) is 105 Å². The van der Waals surface area contributed by atoms with E-state index in [9.17, 15) is 56.3 Å². The first-order valence-corrected chi connectivity index (χ1v) is 21.3. The van der Waals surface area contributed by atoms with Gasteiger partial charge >= 0.3 is 12.1 Å². The smallest absolute Gasteiger partial charge is 0.364 e. The summed E-state index contributed by atoms with van der Waals surface area (Å²) in [4.78, 5) is 117. The molecular formula is C44H59F3N8O10. The molecule has 6 amide bonds. The second-order valence-electron chi connectivity index (χ2n) is 16.5. The molecule has 18 nitrogen and oxygen atoms in total. The van der Waals surface area contributed by atoms with Crippen molar-refractivity contribution in [3.63, 3.8) is 0 Å². The van der Waals surface area contributed by atoms with E-state index in [-0.39, 0.29) is 62.3 Å². The number of fused-ring (bicyclic) bond motifs is 2. The lowest BCUT2D eigenvalue weighted by Gasteiger charge is -2.29. The highest BCUT2D eigenvalue weighted by Crippen LogP contribution is 2.27. The molecule has 0 aromatic heterocycles. The predicted molar refractivity (Wildman–Crippen MR) is 229 cm³/mol. The van der Waals surface area contributed by atoms with Crippen molar-refractivity contribution in [1.82, 2.24) is 37.0 Å². The van der Waals surface area contributed by atoms with Gasteiger partial charge < -0.3 is 42.1 Å². The van der Waals surface area contributed by atoms with Crippen molar-refractivity contribution < 1.29 is 61.2 Å². The Bertz CT molecular complexity index is 1960. The number of hydrogen-bond donors (Lipinski definition) is 7. The van der Waals surface area contributed by atoms with Crippen molar-refractivity contribution in [2.24, 2.45) is 17.6 Å². The number of halogens is 3. The number of rotatable bonds is 19. The van der Waals surface area contributed by atoms with Crippen LogP contribution in [-0.2, 0) is 38.4 Å². The Labute approximate surface area is 375 Å². The lowest BCUT2D eigenvalue weighted by Crippen LogP contribution is -2.56. The Hall–Kier alpha value is -6.22. The molecule has 2 aromatic carbocycles. The molecule has 1 saturated heterocycles. The van der Waals surface area contributed by atoms with Crippen LogP contribution in [0.3, 0.4) is 0 Å². The summed E-state index contributed by atoms with van der Waals surface area (Å²) >= 11 is 0. The van der Waals surface area contributed by atoms with Crippen molar-refractivity contribution in [2.75, 3.05) is 26.2 Å². The summed E-state index contributed by atoms with van der Waals surface area (Å²) < 4.78 is 36.5. The van der Waals surface area contributed by atoms with Gasteiger partial charge in [-0.1, -0.05) is 76.2 Å². The highest BCUT2D eigenvalue weighted by atomic mass is 19.4. The van der Waals surface area contributed by atoms with E-state index in [1.54, 1.807) is 48.5 Å². The Morgan fingerprint density at radius 3 is 1.74 bits per heavy atom. The fourth-order valence-corrected chi connectivity index (χ4v) is 6.85. The fraction of sp³-hybridized carbons (Fsp3) is 0.523. The van der Waals surface area contributed by atoms with E-state index in [2.05, 4.69) is 31.4 Å². The maximum Gasteiger partial charge on any atom is 0.492 e. The first-order valence-electron chi connectivity index (χ1n) is 21.3. The molecule has 0 unspecified atom stereocenters. The first-order chi connectivity index (χ1) is 30.5. The molecule has 0 spiro atoms. The number of likely N-dealkylation sites (tertiary alicyclic amines) is 1. The van der Waals surface area contributed by atoms with Gasteiger partial charge in [-0.3, -0.25) is 38.4 Å². The summed E-state index contributed by atoms with van der Waals surface area (Å²) in [5, 5.41) is 12.8. The molecule has 2 aromatic rings. The largest absolute Gasteiger partial charge is 0.492 e. The molecule has 0 saturated carbocycles. The van der Waals surface area contributed by atoms with Gasteiger partial charge in [0.15, 0.2) is 11.6 Å². The number of alkyl halides is 3. The van der Waals surface area contributed by atoms with E-state index in [0.29, 0.717) is 35.1 Å². The number of benzene rings is 2. The molecule has 0 radical (unpaired) electrons. The zero-order chi connectivity index (χ0) is 48.6. The summed E-state index contributed by atoms with van der Waals surface area (Å²) in [6, 6.07) is 9.23. The molecule has 356 valence electrons. The van der Waals surface area contributed by atoms with Crippen LogP contribution in [0, 0.1) is 11.8 Å². The third kappa shape index (κ3) is 16.1. The summed E-state index contributed by atoms with van der Waals surface area (Å²) in [5.74, 6) is -6.00. The number of hydrogen-bond acceptors (Lipinski definition) is 12. The third-order valence-electron chi connectivity index (χ3n) is 10.1. The summed E-state index contributed by atoms with van der Waals surface area (Å²) in [6.45, 7) is 9.89. The minimum atomic E-state index is -5.14. The van der Waals surface area contributed by atoms with Gasteiger partial charge in [0, 0.05) is 41.9 Å². The average molecular weight is 917 g/mol. The topological polar surface area (TPSA) is 264 Å². The van der Waals surface area contributed by atoms with Crippen LogP contribution in [0.2, 0.25) is 0 Å². The van der Waals surface area contributed by atoms with E-state index in [1.807, 2.05) is 33.2 Å². The molecule has 4 rings (SSSR count). The van der Waals surface area contributed by atoms with Crippen LogP contribution in [-0.4, -0.2) is 120 Å². The van der Waals surface area contributed by atoms with Gasteiger partial charge in [0.2, 0.25) is 35.4 Å². The first kappa shape index (κ1) is 53.1. The Kier molecular flexibility index (Phi) is 20.2. The zero-order valence-electron chi connectivity index (χ0n) is 37.3. The minimum absolute atomic E-state index is 0.0166. The van der Waals surface area contributed by atoms with Crippen molar-refractivity contribution in [2.45, 2.75) is 110 Å². The van der Waals surface area contributed by atoms with Gasteiger partial charge in [0.1, 0.15) is 24.2 Å². The monoisotopic (exact) mass is 916 g/mol. The van der Waals surface area contributed by atoms with Crippen molar-refractivity contribution in [3.8, 4) is 0 Å². The van der Waals surface area contributed by atoms with Gasteiger partial charge in [-0.2, -0.15) is 18.7 Å². The second kappa shape index (κ2) is 24.7. The summed E-state index contributed by atoms with van der Waals surface area (Å²) in [6.07, 6.45) is -3.66. The molecule has 1 fully saturated rings. The minimum Gasteiger partial charge on any atom is -0.364 e. The van der Waals surface area contributed by atoms with Crippen LogP contribution in [0.25, 0.3) is 0 Å². The molecule has 65 heavy (non-hydrogen) atoms. The van der Waals surface area contributed by atoms with Crippen LogP contribution < -0.4 is 37.8 Å². The molecule has 0 bridgehead atoms. The Morgan fingerprint density at radius 2 is 1.25 bits per heavy atom. The fourth-order valence-electron chi connectivity index (χ4n) is 6.85. The van der Waals surface area contributed by atoms with Gasteiger partial charge in [0.05, 0.1) is 12.6 Å². The molecular weight excluding hydrogens is 858 g/mol. The van der Waals surface area contributed by atoms with E-state index >= 15 is 0 Å². The maximum atomic E-state index is 13.6. The van der Waals surface area contributed by atoms with Crippen LogP contribution in [0.4, 0.5) is 13.2 Å². The number of ketones is 2. The van der Waals surface area contributed by atoms with Gasteiger partial charge in [-0.15, -0.1) is 0 Å². The van der Waals surface area contributed by atoms with Crippen LogP contribution in [0.15, 0.2) is 48.5 Å². The number of nitrogens with zero attached hydrogens (tertiary/aromatic N) is 1. The maximum absolute atomic E-state index is 13.6. The Morgan fingerprint density at radius 1 is 0.723 bits per heavy atom. The Balaban J connectivity index is 0.000000574. The second-order valence-corrected chi connectivity index (χ2v) is 16.5. The number of carbonyl (C=O) groups excluding carboxylic acids is 9. The average Bonchev–Trinajstić information content (AvgIpc) is 3.75. The highest BCUT2D eigenvalue weighted by molar-refractivity contribution is 6.28. The third-order valence-corrected chi connectivity index (χ3v) is 10.1.